The predicted octanol–water partition coefficient (Wildman–Crippen LogP) is 4.83. The molecule has 3 heterocycles. The van der Waals surface area contributed by atoms with Gasteiger partial charge in [0.15, 0.2) is 0 Å². The van der Waals surface area contributed by atoms with Gasteiger partial charge in [0.25, 0.3) is 0 Å². The van der Waals surface area contributed by atoms with Crippen molar-refractivity contribution in [3.8, 4) is 0 Å². The third-order valence-corrected chi connectivity index (χ3v) is 8.84. The molecule has 1 aliphatic carbocycles. The lowest BCUT2D eigenvalue weighted by Gasteiger charge is -2.43. The zero-order valence-corrected chi connectivity index (χ0v) is 22.6. The number of aromatic nitrogens is 2. The van der Waals surface area contributed by atoms with E-state index in [4.69, 9.17) is 4.74 Å². The first-order valence-corrected chi connectivity index (χ1v) is 13.3. The standard InChI is InChI=1S/C28H39FN6O2/c1-19(20-6-7-21(23(29)16-20)17-34-14-11-27(2,12-15-34)33(4)5)31-25-30-13-10-24(32-25)35-26(36)37-18-28(35,3)22-8-9-22/h6-7,10,13,16,19,22H,8-9,11-12,14-15,17-18H2,1-5H3,(H,30,31,32)/t19-,28+/m0/s1. The van der Waals surface area contributed by atoms with E-state index in [-0.39, 0.29) is 29.0 Å². The van der Waals surface area contributed by atoms with Gasteiger partial charge in [0.05, 0.1) is 11.6 Å². The Morgan fingerprint density at radius 3 is 2.59 bits per heavy atom. The van der Waals surface area contributed by atoms with E-state index in [9.17, 15) is 4.79 Å². The van der Waals surface area contributed by atoms with E-state index >= 15 is 4.39 Å². The number of carbonyl (C=O) groups is 1. The second kappa shape index (κ2) is 9.83. The van der Waals surface area contributed by atoms with Crippen LogP contribution >= 0.6 is 0 Å². The highest BCUT2D eigenvalue weighted by Gasteiger charge is 2.54. The fourth-order valence-corrected chi connectivity index (χ4v) is 5.57. The maximum Gasteiger partial charge on any atom is 0.416 e. The molecule has 2 aromatic rings. The quantitative estimate of drug-likeness (QED) is 0.545. The number of rotatable bonds is 8. The van der Waals surface area contributed by atoms with Crippen LogP contribution in [-0.2, 0) is 11.3 Å². The Hall–Kier alpha value is -2.78. The lowest BCUT2D eigenvalue weighted by molar-refractivity contribution is 0.0672. The number of benzene rings is 1. The third kappa shape index (κ3) is 5.16. The molecule has 1 N–H and O–H groups in total. The number of cyclic esters (lactones) is 1. The fraction of sp³-hybridized carbons (Fsp3) is 0.607. The van der Waals surface area contributed by atoms with Crippen LogP contribution in [0.15, 0.2) is 30.5 Å². The van der Waals surface area contributed by atoms with Crippen molar-refractivity contribution < 1.29 is 13.9 Å². The molecule has 8 nitrogen and oxygen atoms in total. The van der Waals surface area contributed by atoms with Gasteiger partial charge in [-0.25, -0.2) is 14.2 Å². The molecule has 5 rings (SSSR count). The van der Waals surface area contributed by atoms with Crippen molar-refractivity contribution in [2.75, 3.05) is 44.0 Å². The third-order valence-electron chi connectivity index (χ3n) is 8.84. The minimum atomic E-state index is -0.382. The number of piperidine rings is 1. The molecule has 1 amide bonds. The summed E-state index contributed by atoms with van der Waals surface area (Å²) in [6.45, 7) is 9.23. The van der Waals surface area contributed by atoms with Crippen molar-refractivity contribution >= 4 is 17.9 Å². The SMILES string of the molecule is C[C@H](Nc1nccc(N2C(=O)OC[C@]2(C)C2CC2)n1)c1ccc(CN2CCC(C)(N(C)C)CC2)c(F)c1. The lowest BCUT2D eigenvalue weighted by atomic mass is 9.88. The van der Waals surface area contributed by atoms with Crippen molar-refractivity contribution in [3.63, 3.8) is 0 Å². The molecule has 200 valence electrons. The predicted molar refractivity (Wildman–Crippen MR) is 142 cm³/mol. The number of carbonyl (C=O) groups excluding carboxylic acids is 1. The molecule has 2 atom stereocenters. The van der Waals surface area contributed by atoms with Gasteiger partial charge in [0.1, 0.15) is 18.2 Å². The van der Waals surface area contributed by atoms with Crippen LogP contribution in [0.5, 0.6) is 0 Å². The average molecular weight is 511 g/mol. The van der Waals surface area contributed by atoms with Gasteiger partial charge >= 0.3 is 6.09 Å². The number of anilines is 2. The summed E-state index contributed by atoms with van der Waals surface area (Å²) < 4.78 is 20.5. The minimum Gasteiger partial charge on any atom is -0.447 e. The van der Waals surface area contributed by atoms with Gasteiger partial charge in [-0.3, -0.25) is 9.80 Å². The molecule has 0 spiro atoms. The molecule has 0 bridgehead atoms. The zero-order valence-electron chi connectivity index (χ0n) is 22.6. The number of ether oxygens (including phenoxy) is 1. The summed E-state index contributed by atoms with van der Waals surface area (Å²) in [5.74, 6) is 1.15. The summed E-state index contributed by atoms with van der Waals surface area (Å²) in [5, 5.41) is 3.27. The highest BCUT2D eigenvalue weighted by molar-refractivity contribution is 5.90. The van der Waals surface area contributed by atoms with E-state index in [1.54, 1.807) is 23.2 Å². The normalized spacial score (nSPS) is 24.8. The first-order valence-electron chi connectivity index (χ1n) is 13.3. The zero-order chi connectivity index (χ0) is 26.4. The van der Waals surface area contributed by atoms with Gasteiger partial charge in [-0.05, 0) is 84.2 Å². The maximum atomic E-state index is 15.1. The van der Waals surface area contributed by atoms with Gasteiger partial charge in [0, 0.05) is 36.9 Å². The molecule has 3 fully saturated rings. The molecule has 1 saturated carbocycles. The second-order valence-corrected chi connectivity index (χ2v) is 11.6. The summed E-state index contributed by atoms with van der Waals surface area (Å²) in [5.41, 5.74) is 1.37. The van der Waals surface area contributed by atoms with Crippen molar-refractivity contribution in [2.24, 2.45) is 5.92 Å². The molecule has 37 heavy (non-hydrogen) atoms. The summed E-state index contributed by atoms with van der Waals surface area (Å²) in [4.78, 5) is 27.8. The second-order valence-electron chi connectivity index (χ2n) is 11.6. The molecular formula is C28H39FN6O2. The number of hydrogen-bond donors (Lipinski definition) is 1. The summed E-state index contributed by atoms with van der Waals surface area (Å²) in [6.07, 6.45) is 5.60. The van der Waals surface area contributed by atoms with Gasteiger partial charge in [-0.1, -0.05) is 12.1 Å². The minimum absolute atomic E-state index is 0.193. The Kier molecular flexibility index (Phi) is 6.87. The highest BCUT2D eigenvalue weighted by atomic mass is 19.1. The largest absolute Gasteiger partial charge is 0.447 e. The first-order chi connectivity index (χ1) is 17.6. The number of likely N-dealkylation sites (tertiary alicyclic amines) is 1. The van der Waals surface area contributed by atoms with Gasteiger partial charge in [-0.2, -0.15) is 4.98 Å². The molecule has 0 radical (unpaired) electrons. The van der Waals surface area contributed by atoms with Crippen molar-refractivity contribution in [1.29, 1.82) is 0 Å². The first kappa shape index (κ1) is 25.9. The summed E-state index contributed by atoms with van der Waals surface area (Å²) >= 11 is 0. The molecule has 3 aliphatic rings. The van der Waals surface area contributed by atoms with E-state index < -0.39 is 0 Å². The van der Waals surface area contributed by atoms with Crippen LogP contribution in [-0.4, -0.2) is 70.7 Å². The highest BCUT2D eigenvalue weighted by Crippen LogP contribution is 2.47. The molecule has 2 aliphatic heterocycles. The van der Waals surface area contributed by atoms with E-state index in [2.05, 4.69) is 53.0 Å². The summed E-state index contributed by atoms with van der Waals surface area (Å²) in [6, 6.07) is 6.98. The molecule has 0 unspecified atom stereocenters. The summed E-state index contributed by atoms with van der Waals surface area (Å²) in [7, 11) is 4.27. The molecule has 1 aromatic carbocycles. The van der Waals surface area contributed by atoms with Gasteiger partial charge in [0.2, 0.25) is 5.95 Å². The number of nitrogens with zero attached hydrogens (tertiary/aromatic N) is 5. The molecule has 1 aromatic heterocycles. The Labute approximate surface area is 219 Å². The van der Waals surface area contributed by atoms with Crippen LogP contribution in [0.2, 0.25) is 0 Å². The van der Waals surface area contributed by atoms with Crippen LogP contribution < -0.4 is 10.2 Å². The topological polar surface area (TPSA) is 73.8 Å². The Bertz CT molecular complexity index is 1150. The van der Waals surface area contributed by atoms with Gasteiger partial charge in [-0.15, -0.1) is 0 Å². The number of halogens is 1. The van der Waals surface area contributed by atoms with Gasteiger partial charge < -0.3 is 15.0 Å². The van der Waals surface area contributed by atoms with Crippen LogP contribution in [0.25, 0.3) is 0 Å². The van der Waals surface area contributed by atoms with Crippen molar-refractivity contribution in [2.45, 2.75) is 70.1 Å². The van der Waals surface area contributed by atoms with Crippen molar-refractivity contribution in [3.05, 3.63) is 47.4 Å². The smallest absolute Gasteiger partial charge is 0.416 e. The van der Waals surface area contributed by atoms with Crippen LogP contribution in [0.3, 0.4) is 0 Å². The number of nitrogens with one attached hydrogen (secondary N) is 1. The Balaban J connectivity index is 1.23. The van der Waals surface area contributed by atoms with E-state index in [0.717, 1.165) is 49.9 Å². The molecule has 2 saturated heterocycles. The average Bonchev–Trinajstić information content (AvgIpc) is 3.68. The Morgan fingerprint density at radius 2 is 1.95 bits per heavy atom. The van der Waals surface area contributed by atoms with E-state index in [1.165, 1.54) is 0 Å². The van der Waals surface area contributed by atoms with Crippen LogP contribution in [0, 0.1) is 11.7 Å². The fourth-order valence-electron chi connectivity index (χ4n) is 5.57. The van der Waals surface area contributed by atoms with Crippen molar-refractivity contribution in [1.82, 2.24) is 19.8 Å². The lowest BCUT2D eigenvalue weighted by Crippen LogP contribution is -2.50. The monoisotopic (exact) mass is 510 g/mol. The van der Waals surface area contributed by atoms with Crippen LogP contribution in [0.4, 0.5) is 21.0 Å². The number of amides is 1. The maximum absolute atomic E-state index is 15.1. The van der Waals surface area contributed by atoms with E-state index in [0.29, 0.717) is 30.8 Å². The Morgan fingerprint density at radius 1 is 1.22 bits per heavy atom. The number of hydrogen-bond acceptors (Lipinski definition) is 7. The van der Waals surface area contributed by atoms with E-state index in [1.807, 2.05) is 19.1 Å². The molecule has 9 heteroatoms. The molecular weight excluding hydrogens is 471 g/mol. The van der Waals surface area contributed by atoms with Crippen LogP contribution in [0.1, 0.15) is 63.6 Å².